The smallest absolute Gasteiger partial charge is 0.0893 e. The number of nitrogens with zero attached hydrogens (tertiary/aromatic N) is 1. The molecule has 0 fully saturated rings. The molecule has 2 aromatic carbocycles. The van der Waals surface area contributed by atoms with Crippen LogP contribution in [0, 0.1) is 5.92 Å². The lowest BCUT2D eigenvalue weighted by Gasteiger charge is -2.09. The highest BCUT2D eigenvalue weighted by atomic mass is 16.4. The summed E-state index contributed by atoms with van der Waals surface area (Å²) in [6.07, 6.45) is 0. The third kappa shape index (κ3) is 2.59. The van der Waals surface area contributed by atoms with E-state index in [1.54, 1.807) is 0 Å². The maximum atomic E-state index is 9.02. The molecule has 0 aliphatic rings. The molecule has 0 aliphatic heterocycles. The van der Waals surface area contributed by atoms with Gasteiger partial charge in [0.1, 0.15) is 0 Å². The van der Waals surface area contributed by atoms with Gasteiger partial charge in [-0.2, -0.15) is 0 Å². The van der Waals surface area contributed by atoms with Crippen molar-refractivity contribution in [3.8, 4) is 11.1 Å². The van der Waals surface area contributed by atoms with Gasteiger partial charge in [0.15, 0.2) is 0 Å². The maximum Gasteiger partial charge on any atom is 0.0893 e. The van der Waals surface area contributed by atoms with Crippen LogP contribution in [-0.2, 0) is 0 Å². The fourth-order valence-corrected chi connectivity index (χ4v) is 1.97. The van der Waals surface area contributed by atoms with E-state index in [0.717, 1.165) is 11.3 Å². The molecular weight excluding hydrogens is 222 g/mol. The minimum absolute atomic E-state index is 0.206. The van der Waals surface area contributed by atoms with Gasteiger partial charge in [0.05, 0.1) is 5.71 Å². The zero-order valence-electron chi connectivity index (χ0n) is 10.7. The van der Waals surface area contributed by atoms with Crippen molar-refractivity contribution >= 4 is 5.71 Å². The number of hydrogen-bond acceptors (Lipinski definition) is 2. The molecule has 92 valence electrons. The van der Waals surface area contributed by atoms with E-state index in [2.05, 4.69) is 29.4 Å². The Balaban J connectivity index is 2.31. The average Bonchev–Trinajstić information content (AvgIpc) is 2.41. The summed E-state index contributed by atoms with van der Waals surface area (Å²) in [7, 11) is 0. The fourth-order valence-electron chi connectivity index (χ4n) is 1.97. The van der Waals surface area contributed by atoms with Gasteiger partial charge in [0, 0.05) is 0 Å². The average molecular weight is 239 g/mol. The van der Waals surface area contributed by atoms with E-state index < -0.39 is 0 Å². The molecule has 2 nitrogen and oxygen atoms in total. The van der Waals surface area contributed by atoms with E-state index in [4.69, 9.17) is 5.21 Å². The third-order valence-corrected chi connectivity index (χ3v) is 2.94. The molecule has 0 aliphatic carbocycles. The van der Waals surface area contributed by atoms with Crippen LogP contribution >= 0.6 is 0 Å². The van der Waals surface area contributed by atoms with Crippen molar-refractivity contribution < 1.29 is 5.21 Å². The normalized spacial score (nSPS) is 11.8. The number of benzene rings is 2. The van der Waals surface area contributed by atoms with Crippen LogP contribution in [0.25, 0.3) is 11.1 Å². The number of hydrogen-bond donors (Lipinski definition) is 1. The van der Waals surface area contributed by atoms with Gasteiger partial charge in [0.25, 0.3) is 0 Å². The van der Waals surface area contributed by atoms with Crippen molar-refractivity contribution in [2.75, 3.05) is 0 Å². The molecule has 0 heterocycles. The molecule has 18 heavy (non-hydrogen) atoms. The van der Waals surface area contributed by atoms with Crippen molar-refractivity contribution in [3.05, 3.63) is 60.2 Å². The Kier molecular flexibility index (Phi) is 3.78. The minimum Gasteiger partial charge on any atom is -0.411 e. The van der Waals surface area contributed by atoms with Crippen LogP contribution in [0.4, 0.5) is 0 Å². The van der Waals surface area contributed by atoms with Crippen LogP contribution < -0.4 is 0 Å². The molecule has 0 aromatic heterocycles. The van der Waals surface area contributed by atoms with E-state index in [1.807, 2.05) is 44.2 Å². The molecule has 0 saturated carbocycles. The highest BCUT2D eigenvalue weighted by molar-refractivity contribution is 6.01. The first-order chi connectivity index (χ1) is 8.72. The van der Waals surface area contributed by atoms with Gasteiger partial charge < -0.3 is 5.21 Å². The van der Waals surface area contributed by atoms with E-state index >= 15 is 0 Å². The van der Waals surface area contributed by atoms with E-state index in [-0.39, 0.29) is 5.92 Å². The molecule has 0 unspecified atom stereocenters. The topological polar surface area (TPSA) is 32.6 Å². The number of oxime groups is 1. The molecule has 0 amide bonds. The highest BCUT2D eigenvalue weighted by Crippen LogP contribution is 2.20. The SMILES string of the molecule is CC(C)/C(=N\O)c1ccc(-c2ccccc2)cc1. The van der Waals surface area contributed by atoms with Gasteiger partial charge >= 0.3 is 0 Å². The first-order valence-electron chi connectivity index (χ1n) is 6.10. The second-order valence-corrected chi connectivity index (χ2v) is 4.58. The summed E-state index contributed by atoms with van der Waals surface area (Å²) < 4.78 is 0. The minimum atomic E-state index is 0.206. The molecule has 2 rings (SSSR count). The van der Waals surface area contributed by atoms with Gasteiger partial charge in [-0.05, 0) is 22.6 Å². The summed E-state index contributed by atoms with van der Waals surface area (Å²) in [6, 6.07) is 18.3. The highest BCUT2D eigenvalue weighted by Gasteiger charge is 2.09. The lowest BCUT2D eigenvalue weighted by atomic mass is 9.97. The molecule has 0 spiro atoms. The Hall–Kier alpha value is -2.09. The summed E-state index contributed by atoms with van der Waals surface area (Å²) in [5.74, 6) is 0.206. The molecule has 2 aromatic rings. The van der Waals surface area contributed by atoms with Crippen molar-refractivity contribution in [2.24, 2.45) is 11.1 Å². The van der Waals surface area contributed by atoms with Crippen molar-refractivity contribution in [2.45, 2.75) is 13.8 Å². The summed E-state index contributed by atoms with van der Waals surface area (Å²) >= 11 is 0. The lowest BCUT2D eigenvalue weighted by Crippen LogP contribution is -2.09. The molecule has 0 atom stereocenters. The Morgan fingerprint density at radius 3 is 1.94 bits per heavy atom. The second kappa shape index (κ2) is 5.50. The Labute approximate surface area is 108 Å². The van der Waals surface area contributed by atoms with Gasteiger partial charge in [0.2, 0.25) is 0 Å². The van der Waals surface area contributed by atoms with Crippen LogP contribution in [0.3, 0.4) is 0 Å². The fraction of sp³-hybridized carbons (Fsp3) is 0.188. The van der Waals surface area contributed by atoms with E-state index in [1.165, 1.54) is 11.1 Å². The Bertz CT molecular complexity index is 527. The van der Waals surface area contributed by atoms with Crippen LogP contribution in [0.15, 0.2) is 59.8 Å². The molecule has 2 heteroatoms. The van der Waals surface area contributed by atoms with Crippen LogP contribution in [0.5, 0.6) is 0 Å². The quantitative estimate of drug-likeness (QED) is 0.486. The number of rotatable bonds is 3. The van der Waals surface area contributed by atoms with E-state index in [0.29, 0.717) is 0 Å². The molecular formula is C16H17NO. The van der Waals surface area contributed by atoms with Crippen LogP contribution in [0.2, 0.25) is 0 Å². The molecule has 0 bridgehead atoms. The first-order valence-corrected chi connectivity index (χ1v) is 6.10. The Morgan fingerprint density at radius 1 is 0.889 bits per heavy atom. The third-order valence-electron chi connectivity index (χ3n) is 2.94. The van der Waals surface area contributed by atoms with Gasteiger partial charge in [-0.15, -0.1) is 0 Å². The first kappa shape index (κ1) is 12.4. The zero-order valence-corrected chi connectivity index (χ0v) is 10.7. The standard InChI is InChI=1S/C16H17NO/c1-12(2)16(17-18)15-10-8-14(9-11-15)13-6-4-3-5-7-13/h3-12,18H,1-2H3/b17-16+. The van der Waals surface area contributed by atoms with Crippen molar-refractivity contribution in [3.63, 3.8) is 0 Å². The molecule has 1 N–H and O–H groups in total. The predicted octanol–water partition coefficient (Wildman–Crippen LogP) is 4.19. The molecule has 0 saturated heterocycles. The van der Waals surface area contributed by atoms with Gasteiger partial charge in [-0.3, -0.25) is 0 Å². The van der Waals surface area contributed by atoms with Crippen molar-refractivity contribution in [1.82, 2.24) is 0 Å². The summed E-state index contributed by atoms with van der Waals surface area (Å²) in [6.45, 7) is 4.03. The zero-order chi connectivity index (χ0) is 13.0. The second-order valence-electron chi connectivity index (χ2n) is 4.58. The summed E-state index contributed by atoms with van der Waals surface area (Å²) in [5.41, 5.74) is 4.04. The monoisotopic (exact) mass is 239 g/mol. The van der Waals surface area contributed by atoms with E-state index in [9.17, 15) is 0 Å². The summed E-state index contributed by atoms with van der Waals surface area (Å²) in [5, 5.41) is 12.4. The predicted molar refractivity (Wildman–Crippen MR) is 75.0 cm³/mol. The lowest BCUT2D eigenvalue weighted by molar-refractivity contribution is 0.316. The Morgan fingerprint density at radius 2 is 1.44 bits per heavy atom. The van der Waals surface area contributed by atoms with Gasteiger partial charge in [-0.1, -0.05) is 73.6 Å². The van der Waals surface area contributed by atoms with Crippen LogP contribution in [-0.4, -0.2) is 10.9 Å². The maximum absolute atomic E-state index is 9.02. The summed E-state index contributed by atoms with van der Waals surface area (Å²) in [4.78, 5) is 0. The van der Waals surface area contributed by atoms with Crippen LogP contribution in [0.1, 0.15) is 19.4 Å². The van der Waals surface area contributed by atoms with Crippen molar-refractivity contribution in [1.29, 1.82) is 0 Å². The van der Waals surface area contributed by atoms with Gasteiger partial charge in [-0.25, -0.2) is 0 Å². The largest absolute Gasteiger partial charge is 0.411 e. The molecule has 0 radical (unpaired) electrons.